The van der Waals surface area contributed by atoms with Crippen LogP contribution in [0, 0.1) is 5.82 Å². The van der Waals surface area contributed by atoms with E-state index in [4.69, 9.17) is 16.3 Å². The van der Waals surface area contributed by atoms with Crippen molar-refractivity contribution in [3.05, 3.63) is 94.8 Å². The number of anilines is 1. The van der Waals surface area contributed by atoms with Crippen LogP contribution in [0.2, 0.25) is 5.02 Å². The molecule has 0 unspecified atom stereocenters. The van der Waals surface area contributed by atoms with E-state index < -0.39 is 18.3 Å². The zero-order valence-corrected chi connectivity index (χ0v) is 16.1. The summed E-state index contributed by atoms with van der Waals surface area (Å²) in [5, 5.41) is 5.50. The molecule has 0 spiro atoms. The normalized spacial score (nSPS) is 10.3. The number of para-hydroxylation sites is 1. The number of rotatable bonds is 7. The van der Waals surface area contributed by atoms with Crippen molar-refractivity contribution in [1.29, 1.82) is 0 Å². The molecule has 0 atom stereocenters. The van der Waals surface area contributed by atoms with Crippen LogP contribution in [0.5, 0.6) is 5.75 Å². The average molecular weight is 413 g/mol. The Morgan fingerprint density at radius 3 is 2.48 bits per heavy atom. The van der Waals surface area contributed by atoms with Gasteiger partial charge in [0.2, 0.25) is 0 Å². The van der Waals surface area contributed by atoms with Gasteiger partial charge < -0.3 is 15.4 Å². The summed E-state index contributed by atoms with van der Waals surface area (Å²) < 4.78 is 19.2. The molecule has 0 radical (unpaired) electrons. The molecule has 3 rings (SSSR count). The van der Waals surface area contributed by atoms with Crippen molar-refractivity contribution < 1.29 is 18.7 Å². The van der Waals surface area contributed by atoms with Crippen molar-refractivity contribution in [2.24, 2.45) is 0 Å². The number of benzene rings is 3. The molecule has 0 aliphatic carbocycles. The first kappa shape index (κ1) is 20.4. The first-order valence-corrected chi connectivity index (χ1v) is 9.19. The Kier molecular flexibility index (Phi) is 6.81. The smallest absolute Gasteiger partial charge is 0.262 e. The number of hydrogen-bond acceptors (Lipinski definition) is 3. The van der Waals surface area contributed by atoms with E-state index in [0.29, 0.717) is 17.1 Å². The maximum absolute atomic E-state index is 13.7. The van der Waals surface area contributed by atoms with Crippen LogP contribution in [0.3, 0.4) is 0 Å². The molecule has 0 aliphatic rings. The van der Waals surface area contributed by atoms with Crippen LogP contribution in [-0.2, 0) is 11.3 Å². The van der Waals surface area contributed by atoms with Gasteiger partial charge in [0.15, 0.2) is 6.61 Å². The molecule has 2 N–H and O–H groups in total. The Labute approximate surface area is 172 Å². The fourth-order valence-corrected chi connectivity index (χ4v) is 2.75. The van der Waals surface area contributed by atoms with Crippen molar-refractivity contribution in [2.45, 2.75) is 6.54 Å². The highest BCUT2D eigenvalue weighted by molar-refractivity contribution is 6.30. The molecule has 29 heavy (non-hydrogen) atoms. The van der Waals surface area contributed by atoms with Crippen LogP contribution < -0.4 is 15.4 Å². The number of ether oxygens (including phenoxy) is 1. The lowest BCUT2D eigenvalue weighted by Crippen LogP contribution is -2.25. The molecule has 0 saturated carbocycles. The average Bonchev–Trinajstić information content (AvgIpc) is 2.74. The van der Waals surface area contributed by atoms with Crippen molar-refractivity contribution >= 4 is 29.1 Å². The van der Waals surface area contributed by atoms with E-state index in [1.807, 2.05) is 30.3 Å². The van der Waals surface area contributed by atoms with Crippen LogP contribution in [0.1, 0.15) is 15.9 Å². The van der Waals surface area contributed by atoms with E-state index in [0.717, 1.165) is 11.6 Å². The molecule has 0 saturated heterocycles. The summed E-state index contributed by atoms with van der Waals surface area (Å²) in [6, 6.07) is 19.9. The fraction of sp³-hybridized carbons (Fsp3) is 0.0909. The molecule has 148 valence electrons. The van der Waals surface area contributed by atoms with E-state index >= 15 is 0 Å². The van der Waals surface area contributed by atoms with E-state index in [-0.39, 0.29) is 17.3 Å². The summed E-state index contributed by atoms with van der Waals surface area (Å²) in [6.45, 7) is -0.0303. The maximum atomic E-state index is 13.7. The molecule has 3 aromatic carbocycles. The van der Waals surface area contributed by atoms with Gasteiger partial charge in [0, 0.05) is 11.6 Å². The number of amides is 2. The van der Waals surface area contributed by atoms with Gasteiger partial charge in [0.1, 0.15) is 11.6 Å². The van der Waals surface area contributed by atoms with Crippen LogP contribution >= 0.6 is 11.6 Å². The largest absolute Gasteiger partial charge is 0.483 e. The molecule has 7 heteroatoms. The fourth-order valence-electron chi connectivity index (χ4n) is 2.58. The van der Waals surface area contributed by atoms with Crippen molar-refractivity contribution in [2.75, 3.05) is 11.9 Å². The van der Waals surface area contributed by atoms with Crippen molar-refractivity contribution in [3.63, 3.8) is 0 Å². The molecule has 0 aliphatic heterocycles. The summed E-state index contributed by atoms with van der Waals surface area (Å²) in [4.78, 5) is 24.6. The Bertz CT molecular complexity index is 1010. The second kappa shape index (κ2) is 9.71. The lowest BCUT2D eigenvalue weighted by atomic mass is 10.1. The van der Waals surface area contributed by atoms with Gasteiger partial charge in [0.05, 0.1) is 11.3 Å². The molecular formula is C22H18ClFN2O3. The summed E-state index contributed by atoms with van der Waals surface area (Å²) in [7, 11) is 0. The molecule has 5 nitrogen and oxygen atoms in total. The number of halogens is 2. The number of carbonyl (C=O) groups is 2. The van der Waals surface area contributed by atoms with Crippen LogP contribution in [-0.4, -0.2) is 18.4 Å². The van der Waals surface area contributed by atoms with Gasteiger partial charge >= 0.3 is 0 Å². The van der Waals surface area contributed by atoms with Crippen LogP contribution in [0.25, 0.3) is 0 Å². The Morgan fingerprint density at radius 1 is 0.966 bits per heavy atom. The SMILES string of the molecule is O=C(COc1ccccc1C(=O)NCc1ccccc1)Nc1cc(Cl)ccc1F. The lowest BCUT2D eigenvalue weighted by Gasteiger charge is -2.12. The third-order valence-corrected chi connectivity index (χ3v) is 4.22. The van der Waals surface area contributed by atoms with E-state index in [9.17, 15) is 14.0 Å². The summed E-state index contributed by atoms with van der Waals surface area (Å²) in [5.74, 6) is -1.26. The quantitative estimate of drug-likeness (QED) is 0.603. The number of hydrogen-bond donors (Lipinski definition) is 2. The van der Waals surface area contributed by atoms with Gasteiger partial charge in [-0.2, -0.15) is 0 Å². The molecule has 0 fully saturated rings. The zero-order chi connectivity index (χ0) is 20.6. The summed E-state index contributed by atoms with van der Waals surface area (Å²) in [6.07, 6.45) is 0. The summed E-state index contributed by atoms with van der Waals surface area (Å²) in [5.41, 5.74) is 1.22. The van der Waals surface area contributed by atoms with Gasteiger partial charge in [0.25, 0.3) is 11.8 Å². The highest BCUT2D eigenvalue weighted by Gasteiger charge is 2.14. The highest BCUT2D eigenvalue weighted by atomic mass is 35.5. The molecule has 0 bridgehead atoms. The predicted octanol–water partition coefficient (Wildman–Crippen LogP) is 4.43. The van der Waals surface area contributed by atoms with Gasteiger partial charge in [-0.3, -0.25) is 9.59 Å². The second-order valence-corrected chi connectivity index (χ2v) is 6.56. The minimum Gasteiger partial charge on any atom is -0.483 e. The third-order valence-electron chi connectivity index (χ3n) is 3.99. The van der Waals surface area contributed by atoms with Gasteiger partial charge in [-0.05, 0) is 35.9 Å². The molecule has 3 aromatic rings. The lowest BCUT2D eigenvalue weighted by molar-refractivity contribution is -0.118. The molecule has 0 aromatic heterocycles. The van der Waals surface area contributed by atoms with Gasteiger partial charge in [-0.1, -0.05) is 54.1 Å². The first-order chi connectivity index (χ1) is 14.0. The van der Waals surface area contributed by atoms with E-state index in [1.54, 1.807) is 24.3 Å². The first-order valence-electron chi connectivity index (χ1n) is 8.82. The Hall–Kier alpha value is -3.38. The topological polar surface area (TPSA) is 67.4 Å². The van der Waals surface area contributed by atoms with Crippen molar-refractivity contribution in [3.8, 4) is 5.75 Å². The van der Waals surface area contributed by atoms with Crippen LogP contribution in [0.4, 0.5) is 10.1 Å². The number of nitrogens with one attached hydrogen (secondary N) is 2. The molecular weight excluding hydrogens is 395 g/mol. The molecule has 0 heterocycles. The Morgan fingerprint density at radius 2 is 1.69 bits per heavy atom. The van der Waals surface area contributed by atoms with Crippen LogP contribution in [0.15, 0.2) is 72.8 Å². The Balaban J connectivity index is 1.60. The van der Waals surface area contributed by atoms with E-state index in [1.165, 1.54) is 12.1 Å². The second-order valence-electron chi connectivity index (χ2n) is 6.13. The molecule has 2 amide bonds. The van der Waals surface area contributed by atoms with E-state index in [2.05, 4.69) is 10.6 Å². The standard InChI is InChI=1S/C22H18ClFN2O3/c23-16-10-11-18(24)19(12-16)26-21(27)14-29-20-9-5-4-8-17(20)22(28)25-13-15-6-2-1-3-7-15/h1-12H,13-14H2,(H,25,28)(H,26,27). The monoisotopic (exact) mass is 412 g/mol. The van der Waals surface area contributed by atoms with Crippen molar-refractivity contribution in [1.82, 2.24) is 5.32 Å². The zero-order valence-electron chi connectivity index (χ0n) is 15.3. The van der Waals surface area contributed by atoms with Gasteiger partial charge in [-0.15, -0.1) is 0 Å². The highest BCUT2D eigenvalue weighted by Crippen LogP contribution is 2.20. The minimum atomic E-state index is -0.608. The predicted molar refractivity (Wildman–Crippen MR) is 110 cm³/mol. The third kappa shape index (κ3) is 5.80. The summed E-state index contributed by atoms with van der Waals surface area (Å²) >= 11 is 5.81. The number of carbonyl (C=O) groups excluding carboxylic acids is 2. The maximum Gasteiger partial charge on any atom is 0.262 e. The van der Waals surface area contributed by atoms with Gasteiger partial charge in [-0.25, -0.2) is 4.39 Å². The minimum absolute atomic E-state index is 0.0417.